The maximum atomic E-state index is 12.9. The number of hydrogen-bond acceptors (Lipinski definition) is 4. The molecule has 0 atom stereocenters. The molecule has 1 aromatic rings. The van der Waals surface area contributed by atoms with Gasteiger partial charge in [0, 0.05) is 32.1 Å². The Kier molecular flexibility index (Phi) is 7.00. The lowest BCUT2D eigenvalue weighted by Crippen LogP contribution is -2.45. The van der Waals surface area contributed by atoms with Crippen molar-refractivity contribution in [2.75, 3.05) is 26.2 Å². The van der Waals surface area contributed by atoms with Crippen LogP contribution in [0.3, 0.4) is 0 Å². The number of aromatic carboxylic acids is 1. The molecule has 27 heavy (non-hydrogen) atoms. The lowest BCUT2D eigenvalue weighted by atomic mass is 9.96. The van der Waals surface area contributed by atoms with Gasteiger partial charge in [0.2, 0.25) is 15.9 Å². The Hall–Kier alpha value is -1.93. The molecule has 1 saturated heterocycles. The predicted octanol–water partition coefficient (Wildman–Crippen LogP) is 2.29. The molecule has 1 aliphatic heterocycles. The summed E-state index contributed by atoms with van der Waals surface area (Å²) in [5, 5.41) is 9.27. The van der Waals surface area contributed by atoms with E-state index in [4.69, 9.17) is 0 Å². The molecular formula is C19H28N2O5S. The van der Waals surface area contributed by atoms with Gasteiger partial charge < -0.3 is 10.0 Å². The first-order valence-corrected chi connectivity index (χ1v) is 10.7. The molecule has 150 valence electrons. The minimum absolute atomic E-state index is 0.0779. The Morgan fingerprint density at radius 2 is 1.81 bits per heavy atom. The van der Waals surface area contributed by atoms with Crippen LogP contribution in [0.1, 0.15) is 44.0 Å². The third-order valence-electron chi connectivity index (χ3n) is 4.82. The predicted molar refractivity (Wildman–Crippen MR) is 102 cm³/mol. The first-order chi connectivity index (χ1) is 12.7. The minimum atomic E-state index is -3.90. The van der Waals surface area contributed by atoms with Crippen molar-refractivity contribution >= 4 is 21.9 Å². The van der Waals surface area contributed by atoms with Crippen LogP contribution in [0.15, 0.2) is 29.2 Å². The fourth-order valence-corrected chi connectivity index (χ4v) is 5.08. The highest BCUT2D eigenvalue weighted by Gasteiger charge is 2.35. The van der Waals surface area contributed by atoms with Crippen LogP contribution in [0.4, 0.5) is 0 Å². The number of hydrogen-bond donors (Lipinski definition) is 1. The van der Waals surface area contributed by atoms with E-state index in [-0.39, 0.29) is 35.4 Å². The number of benzene rings is 1. The van der Waals surface area contributed by atoms with Crippen LogP contribution in [-0.4, -0.2) is 60.8 Å². The highest BCUT2D eigenvalue weighted by Crippen LogP contribution is 2.27. The Morgan fingerprint density at radius 3 is 2.33 bits per heavy atom. The van der Waals surface area contributed by atoms with Gasteiger partial charge in [-0.15, -0.1) is 0 Å². The highest BCUT2D eigenvalue weighted by atomic mass is 32.2. The van der Waals surface area contributed by atoms with Gasteiger partial charge in [-0.2, -0.15) is 4.31 Å². The smallest absolute Gasteiger partial charge is 0.337 e. The second kappa shape index (κ2) is 8.84. The van der Waals surface area contributed by atoms with Crippen molar-refractivity contribution < 1.29 is 23.1 Å². The van der Waals surface area contributed by atoms with Crippen LogP contribution < -0.4 is 0 Å². The summed E-state index contributed by atoms with van der Waals surface area (Å²) in [6.07, 6.45) is 0.893. The maximum Gasteiger partial charge on any atom is 0.337 e. The van der Waals surface area contributed by atoms with Crippen molar-refractivity contribution in [2.45, 2.75) is 38.5 Å². The molecule has 1 N–H and O–H groups in total. The molecule has 0 spiro atoms. The third-order valence-corrected chi connectivity index (χ3v) is 6.77. The van der Waals surface area contributed by atoms with Crippen LogP contribution in [0.25, 0.3) is 0 Å². The van der Waals surface area contributed by atoms with E-state index >= 15 is 0 Å². The Bertz CT molecular complexity index is 783. The lowest BCUT2D eigenvalue weighted by Gasteiger charge is -2.34. The number of carboxylic acid groups (broad SMARTS) is 1. The van der Waals surface area contributed by atoms with Gasteiger partial charge in [0.05, 0.1) is 10.5 Å². The van der Waals surface area contributed by atoms with E-state index in [0.29, 0.717) is 31.8 Å². The van der Waals surface area contributed by atoms with Gasteiger partial charge in [-0.05, 0) is 37.8 Å². The summed E-state index contributed by atoms with van der Waals surface area (Å²) >= 11 is 0. The fourth-order valence-electron chi connectivity index (χ4n) is 3.42. The number of nitrogens with zero attached hydrogens (tertiary/aromatic N) is 2. The highest BCUT2D eigenvalue weighted by molar-refractivity contribution is 7.89. The number of amides is 1. The zero-order valence-electron chi connectivity index (χ0n) is 16.1. The standard InChI is InChI=1S/C19H28N2O5S/c1-4-20(13-14(2)3)18(22)15-9-11-21(12-10-15)27(25,26)17-8-6-5-7-16(17)19(23)24/h5-8,14-15H,4,9-13H2,1-3H3,(H,23,24). The molecule has 0 bridgehead atoms. The average Bonchev–Trinajstić information content (AvgIpc) is 2.65. The molecule has 1 fully saturated rings. The van der Waals surface area contributed by atoms with Gasteiger partial charge in [0.25, 0.3) is 0 Å². The minimum Gasteiger partial charge on any atom is -0.478 e. The zero-order chi connectivity index (χ0) is 20.2. The van der Waals surface area contributed by atoms with Crippen LogP contribution >= 0.6 is 0 Å². The van der Waals surface area contributed by atoms with Crippen molar-refractivity contribution in [2.24, 2.45) is 11.8 Å². The van der Waals surface area contributed by atoms with Gasteiger partial charge >= 0.3 is 5.97 Å². The Labute approximate surface area is 161 Å². The van der Waals surface area contributed by atoms with Crippen LogP contribution in [-0.2, 0) is 14.8 Å². The van der Waals surface area contributed by atoms with E-state index in [2.05, 4.69) is 13.8 Å². The number of piperidine rings is 1. The lowest BCUT2D eigenvalue weighted by molar-refractivity contribution is -0.137. The fraction of sp³-hybridized carbons (Fsp3) is 0.579. The molecule has 7 nitrogen and oxygen atoms in total. The van der Waals surface area contributed by atoms with Crippen molar-refractivity contribution in [3.8, 4) is 0 Å². The summed E-state index contributed by atoms with van der Waals surface area (Å²) in [6, 6.07) is 5.62. The summed E-state index contributed by atoms with van der Waals surface area (Å²) in [6.45, 7) is 7.83. The summed E-state index contributed by atoms with van der Waals surface area (Å²) in [5.74, 6) is -1.01. The Balaban J connectivity index is 2.11. The summed E-state index contributed by atoms with van der Waals surface area (Å²) < 4.78 is 27.1. The van der Waals surface area contributed by atoms with E-state index in [1.807, 2.05) is 11.8 Å². The van der Waals surface area contributed by atoms with Crippen molar-refractivity contribution in [3.05, 3.63) is 29.8 Å². The van der Waals surface area contributed by atoms with Crippen LogP contribution in [0, 0.1) is 11.8 Å². The summed E-state index contributed by atoms with van der Waals surface area (Å²) in [7, 11) is -3.90. The van der Waals surface area contributed by atoms with E-state index in [9.17, 15) is 23.1 Å². The molecule has 0 aromatic heterocycles. The second-order valence-electron chi connectivity index (χ2n) is 7.25. The quantitative estimate of drug-likeness (QED) is 0.763. The molecule has 0 aliphatic carbocycles. The molecule has 0 radical (unpaired) electrons. The van der Waals surface area contributed by atoms with Crippen molar-refractivity contribution in [1.29, 1.82) is 0 Å². The molecule has 0 unspecified atom stereocenters. The Morgan fingerprint density at radius 1 is 1.22 bits per heavy atom. The molecule has 1 aromatic carbocycles. The molecule has 1 aliphatic rings. The monoisotopic (exact) mass is 396 g/mol. The zero-order valence-corrected chi connectivity index (χ0v) is 16.9. The molecule has 0 saturated carbocycles. The molecule has 8 heteroatoms. The van der Waals surface area contributed by atoms with E-state index in [0.717, 1.165) is 0 Å². The molecule has 2 rings (SSSR count). The number of carbonyl (C=O) groups is 2. The summed E-state index contributed by atoms with van der Waals surface area (Å²) in [5.41, 5.74) is -0.232. The first-order valence-electron chi connectivity index (χ1n) is 9.29. The number of sulfonamides is 1. The van der Waals surface area contributed by atoms with Crippen LogP contribution in [0.2, 0.25) is 0 Å². The summed E-state index contributed by atoms with van der Waals surface area (Å²) in [4.78, 5) is 25.7. The van der Waals surface area contributed by atoms with Gasteiger partial charge in [0.15, 0.2) is 0 Å². The van der Waals surface area contributed by atoms with Gasteiger partial charge in [-0.25, -0.2) is 13.2 Å². The van der Waals surface area contributed by atoms with Crippen LogP contribution in [0.5, 0.6) is 0 Å². The number of carboxylic acids is 1. The molecule has 1 heterocycles. The average molecular weight is 397 g/mol. The van der Waals surface area contributed by atoms with Gasteiger partial charge in [0.1, 0.15) is 0 Å². The van der Waals surface area contributed by atoms with E-state index in [1.165, 1.54) is 28.6 Å². The first kappa shape index (κ1) is 21.4. The molecular weight excluding hydrogens is 368 g/mol. The topological polar surface area (TPSA) is 95.0 Å². The largest absolute Gasteiger partial charge is 0.478 e. The van der Waals surface area contributed by atoms with E-state index in [1.54, 1.807) is 0 Å². The van der Waals surface area contributed by atoms with Gasteiger partial charge in [-0.3, -0.25) is 4.79 Å². The maximum absolute atomic E-state index is 12.9. The SMILES string of the molecule is CCN(CC(C)C)C(=O)C1CCN(S(=O)(=O)c2ccccc2C(=O)O)CC1. The number of rotatable bonds is 7. The third kappa shape index (κ3) is 4.87. The normalized spacial score (nSPS) is 16.4. The second-order valence-corrected chi connectivity index (χ2v) is 9.16. The van der Waals surface area contributed by atoms with Gasteiger partial charge in [-0.1, -0.05) is 26.0 Å². The van der Waals surface area contributed by atoms with Crippen molar-refractivity contribution in [3.63, 3.8) is 0 Å². The van der Waals surface area contributed by atoms with Crippen molar-refractivity contribution in [1.82, 2.24) is 9.21 Å². The number of carbonyl (C=O) groups excluding carboxylic acids is 1. The van der Waals surface area contributed by atoms with E-state index < -0.39 is 16.0 Å². The molecule has 1 amide bonds.